The molecule has 3 nitrogen and oxygen atoms in total. The van der Waals surface area contributed by atoms with Crippen molar-refractivity contribution in [1.82, 2.24) is 5.32 Å². The molecule has 1 aromatic carbocycles. The second-order valence-corrected chi connectivity index (χ2v) is 3.25. The van der Waals surface area contributed by atoms with E-state index in [1.54, 1.807) is 6.92 Å². The maximum atomic E-state index is 10.8. The molecular weight excluding hydrogens is 164 g/mol. The van der Waals surface area contributed by atoms with E-state index in [1.165, 1.54) is 6.92 Å². The Kier molecular flexibility index (Phi) is 2.68. The average molecular weight is 178 g/mol. The minimum atomic E-state index is -0.785. The lowest BCUT2D eigenvalue weighted by Crippen LogP contribution is -2.49. The van der Waals surface area contributed by atoms with E-state index < -0.39 is 5.66 Å². The van der Waals surface area contributed by atoms with Gasteiger partial charge in [-0.2, -0.15) is 0 Å². The van der Waals surface area contributed by atoms with Crippen LogP contribution in [0.2, 0.25) is 0 Å². The summed E-state index contributed by atoms with van der Waals surface area (Å²) in [6, 6.07) is 9.46. The summed E-state index contributed by atoms with van der Waals surface area (Å²) in [5.41, 5.74) is 6.02. The zero-order chi connectivity index (χ0) is 9.90. The van der Waals surface area contributed by atoms with Crippen molar-refractivity contribution in [3.8, 4) is 0 Å². The van der Waals surface area contributed by atoms with E-state index >= 15 is 0 Å². The van der Waals surface area contributed by atoms with Gasteiger partial charge in [-0.05, 0) is 12.5 Å². The van der Waals surface area contributed by atoms with E-state index in [0.29, 0.717) is 0 Å². The van der Waals surface area contributed by atoms with Gasteiger partial charge in [-0.15, -0.1) is 0 Å². The summed E-state index contributed by atoms with van der Waals surface area (Å²) < 4.78 is 0. The molecule has 70 valence electrons. The summed E-state index contributed by atoms with van der Waals surface area (Å²) in [6.45, 7) is 3.22. The Hall–Kier alpha value is -1.35. The van der Waals surface area contributed by atoms with Crippen molar-refractivity contribution < 1.29 is 4.79 Å². The van der Waals surface area contributed by atoms with Crippen LogP contribution >= 0.6 is 0 Å². The van der Waals surface area contributed by atoms with Crippen LogP contribution in [0, 0.1) is 0 Å². The summed E-state index contributed by atoms with van der Waals surface area (Å²) in [5.74, 6) is -0.131. The molecule has 0 bridgehead atoms. The Balaban J connectivity index is 2.87. The normalized spacial score (nSPS) is 14.7. The maximum Gasteiger partial charge on any atom is 0.218 e. The number of benzene rings is 1. The predicted octanol–water partition coefficient (Wildman–Crippen LogP) is 0.954. The van der Waals surface area contributed by atoms with E-state index in [4.69, 9.17) is 5.73 Å². The molecule has 1 aromatic rings. The molecule has 0 fully saturated rings. The Morgan fingerprint density at radius 3 is 2.38 bits per heavy atom. The van der Waals surface area contributed by atoms with Crippen molar-refractivity contribution in [1.29, 1.82) is 0 Å². The van der Waals surface area contributed by atoms with Crippen LogP contribution in [0.15, 0.2) is 30.3 Å². The van der Waals surface area contributed by atoms with E-state index in [0.717, 1.165) is 5.56 Å². The minimum absolute atomic E-state index is 0.131. The largest absolute Gasteiger partial charge is 0.335 e. The lowest BCUT2D eigenvalue weighted by Gasteiger charge is -2.25. The molecule has 0 saturated carbocycles. The Labute approximate surface area is 77.9 Å². The fraction of sp³-hybridized carbons (Fsp3) is 0.300. The quantitative estimate of drug-likeness (QED) is 0.662. The van der Waals surface area contributed by atoms with Crippen LogP contribution in [-0.4, -0.2) is 5.91 Å². The molecule has 0 unspecified atom stereocenters. The molecule has 13 heavy (non-hydrogen) atoms. The Bertz CT molecular complexity index is 293. The summed E-state index contributed by atoms with van der Waals surface area (Å²) >= 11 is 0. The van der Waals surface area contributed by atoms with Crippen LogP contribution in [0.1, 0.15) is 19.4 Å². The monoisotopic (exact) mass is 178 g/mol. The Morgan fingerprint density at radius 2 is 1.92 bits per heavy atom. The molecule has 0 aliphatic rings. The zero-order valence-corrected chi connectivity index (χ0v) is 7.87. The predicted molar refractivity (Wildman–Crippen MR) is 51.8 cm³/mol. The van der Waals surface area contributed by atoms with Crippen LogP contribution in [0.5, 0.6) is 0 Å². The maximum absolute atomic E-state index is 10.8. The summed E-state index contributed by atoms with van der Waals surface area (Å²) in [4.78, 5) is 10.8. The smallest absolute Gasteiger partial charge is 0.218 e. The van der Waals surface area contributed by atoms with Crippen LogP contribution in [0.4, 0.5) is 0 Å². The summed E-state index contributed by atoms with van der Waals surface area (Å²) in [7, 11) is 0. The van der Waals surface area contributed by atoms with Gasteiger partial charge in [0.2, 0.25) is 5.91 Å². The molecule has 1 amide bonds. The molecule has 0 aliphatic carbocycles. The molecule has 0 aliphatic heterocycles. The van der Waals surface area contributed by atoms with Crippen molar-refractivity contribution in [3.63, 3.8) is 0 Å². The first-order chi connectivity index (χ1) is 6.02. The molecule has 1 atom stereocenters. The summed E-state index contributed by atoms with van der Waals surface area (Å²) in [5, 5.41) is 2.67. The fourth-order valence-electron chi connectivity index (χ4n) is 1.22. The van der Waals surface area contributed by atoms with Crippen LogP contribution < -0.4 is 11.1 Å². The van der Waals surface area contributed by atoms with Crippen molar-refractivity contribution in [2.45, 2.75) is 19.5 Å². The molecule has 0 aromatic heterocycles. The number of hydrogen-bond donors (Lipinski definition) is 2. The zero-order valence-electron chi connectivity index (χ0n) is 7.87. The number of amides is 1. The van der Waals surface area contributed by atoms with Crippen LogP contribution in [-0.2, 0) is 10.5 Å². The lowest BCUT2D eigenvalue weighted by molar-refractivity contribution is -0.120. The van der Waals surface area contributed by atoms with Gasteiger partial charge in [-0.25, -0.2) is 0 Å². The molecule has 0 spiro atoms. The van der Waals surface area contributed by atoms with Crippen LogP contribution in [0.25, 0.3) is 0 Å². The van der Waals surface area contributed by atoms with Gasteiger partial charge >= 0.3 is 0 Å². The SMILES string of the molecule is CC(=O)N[C@](C)(N)c1ccccc1. The van der Waals surface area contributed by atoms with Crippen molar-refractivity contribution in [3.05, 3.63) is 35.9 Å². The highest BCUT2D eigenvalue weighted by molar-refractivity contribution is 5.73. The number of carbonyl (C=O) groups is 1. The van der Waals surface area contributed by atoms with Crippen molar-refractivity contribution in [2.24, 2.45) is 5.73 Å². The molecule has 0 saturated heterocycles. The molecule has 1 rings (SSSR count). The van der Waals surface area contributed by atoms with Crippen molar-refractivity contribution >= 4 is 5.91 Å². The standard InChI is InChI=1S/C10H14N2O/c1-8(13)12-10(2,11)9-6-4-3-5-7-9/h3-7H,11H2,1-2H3,(H,12,13)/t10-/m0/s1. The highest BCUT2D eigenvalue weighted by Crippen LogP contribution is 2.13. The molecular formula is C10H14N2O. The van der Waals surface area contributed by atoms with E-state index in [-0.39, 0.29) is 5.91 Å². The molecule has 3 heteroatoms. The number of nitrogens with one attached hydrogen (secondary N) is 1. The van der Waals surface area contributed by atoms with Gasteiger partial charge in [0.25, 0.3) is 0 Å². The number of nitrogens with two attached hydrogens (primary N) is 1. The van der Waals surface area contributed by atoms with E-state index in [1.807, 2.05) is 30.3 Å². The highest BCUT2D eigenvalue weighted by atomic mass is 16.1. The topological polar surface area (TPSA) is 55.1 Å². The summed E-state index contributed by atoms with van der Waals surface area (Å²) in [6.07, 6.45) is 0. The van der Waals surface area contributed by atoms with E-state index in [9.17, 15) is 4.79 Å². The number of rotatable bonds is 2. The number of hydrogen-bond acceptors (Lipinski definition) is 2. The second kappa shape index (κ2) is 3.58. The lowest BCUT2D eigenvalue weighted by atomic mass is 10.0. The first-order valence-corrected chi connectivity index (χ1v) is 4.15. The first kappa shape index (κ1) is 9.74. The third-order valence-electron chi connectivity index (χ3n) is 1.81. The van der Waals surface area contributed by atoms with Gasteiger partial charge in [0, 0.05) is 6.92 Å². The van der Waals surface area contributed by atoms with Gasteiger partial charge in [0.05, 0.1) is 0 Å². The third kappa shape index (κ3) is 2.56. The van der Waals surface area contributed by atoms with Gasteiger partial charge in [-0.3, -0.25) is 4.79 Å². The van der Waals surface area contributed by atoms with E-state index in [2.05, 4.69) is 5.32 Å². The average Bonchev–Trinajstić information content (AvgIpc) is 2.04. The third-order valence-corrected chi connectivity index (χ3v) is 1.81. The molecule has 3 N–H and O–H groups in total. The van der Waals surface area contributed by atoms with Gasteiger partial charge < -0.3 is 11.1 Å². The van der Waals surface area contributed by atoms with Gasteiger partial charge in [-0.1, -0.05) is 30.3 Å². The fourth-order valence-corrected chi connectivity index (χ4v) is 1.22. The van der Waals surface area contributed by atoms with Gasteiger partial charge in [0.1, 0.15) is 5.66 Å². The second-order valence-electron chi connectivity index (χ2n) is 3.25. The molecule has 0 radical (unpaired) electrons. The van der Waals surface area contributed by atoms with Crippen molar-refractivity contribution in [2.75, 3.05) is 0 Å². The Morgan fingerprint density at radius 1 is 1.38 bits per heavy atom. The highest BCUT2D eigenvalue weighted by Gasteiger charge is 2.20. The molecule has 0 heterocycles. The minimum Gasteiger partial charge on any atom is -0.335 e. The first-order valence-electron chi connectivity index (χ1n) is 4.15. The van der Waals surface area contributed by atoms with Crippen LogP contribution in [0.3, 0.4) is 0 Å². The number of carbonyl (C=O) groups excluding carboxylic acids is 1. The van der Waals surface area contributed by atoms with Gasteiger partial charge in [0.15, 0.2) is 0 Å².